The highest BCUT2D eigenvalue weighted by molar-refractivity contribution is 7.51. The van der Waals surface area contributed by atoms with Crippen LogP contribution in [0.3, 0.4) is 0 Å². The second kappa shape index (κ2) is 6.54. The van der Waals surface area contributed by atoms with Gasteiger partial charge in [0.15, 0.2) is 5.82 Å². The summed E-state index contributed by atoms with van der Waals surface area (Å²) in [5, 5.41) is 0. The van der Waals surface area contributed by atoms with E-state index in [1.807, 2.05) is 6.07 Å². The second-order valence-corrected chi connectivity index (χ2v) is 7.85. The lowest BCUT2D eigenvalue weighted by molar-refractivity contribution is -0.0492. The van der Waals surface area contributed by atoms with E-state index < -0.39 is 31.8 Å². The Hall–Kier alpha value is -1.31. The van der Waals surface area contributed by atoms with E-state index in [0.717, 1.165) is 12.2 Å². The number of aryl methyl sites for hydroxylation is 1. The molecule has 1 aliphatic rings. The Morgan fingerprint density at radius 1 is 1.54 bits per heavy atom. The lowest BCUT2D eigenvalue weighted by Gasteiger charge is -2.19. The molecule has 1 aromatic heterocycles. The Balaban J connectivity index is 1.91. The molecule has 9 heteroatoms. The largest absolute Gasteiger partial charge is 0.382 e. The maximum Gasteiger partial charge on any atom is 0.325 e. The third-order valence-corrected chi connectivity index (χ3v) is 4.59. The average molecular weight is 358 g/mol. The highest BCUT2D eigenvalue weighted by Crippen LogP contribution is 2.44. The summed E-state index contributed by atoms with van der Waals surface area (Å²) in [4.78, 5) is 13.6. The fourth-order valence-corrected chi connectivity index (χ4v) is 3.72. The van der Waals surface area contributed by atoms with Crippen molar-refractivity contribution in [2.24, 2.45) is 0 Å². The van der Waals surface area contributed by atoms with Gasteiger partial charge in [-0.3, -0.25) is 4.57 Å². The summed E-state index contributed by atoms with van der Waals surface area (Å²) < 4.78 is 43.6. The van der Waals surface area contributed by atoms with Crippen LogP contribution in [0.4, 0.5) is 4.39 Å². The van der Waals surface area contributed by atoms with Crippen LogP contribution < -0.4 is 0 Å². The standard InChI is InChI=1S/C15H20FN2O5P/c1-9-4-10(16)15-11(5-9)18(8-17-15)14-6-12(23-24(3,19)20)13(22-14)7-21-2/h4-5,8,12-14H,6-7H2,1-3H3,(H,19,20). The Morgan fingerprint density at radius 3 is 2.96 bits per heavy atom. The van der Waals surface area contributed by atoms with Gasteiger partial charge in [0.25, 0.3) is 0 Å². The highest BCUT2D eigenvalue weighted by Gasteiger charge is 2.40. The third kappa shape index (κ3) is 3.53. The van der Waals surface area contributed by atoms with Crippen molar-refractivity contribution in [3.8, 4) is 0 Å². The predicted octanol–water partition coefficient (Wildman–Crippen LogP) is 2.62. The molecule has 0 aliphatic carbocycles. The van der Waals surface area contributed by atoms with Crippen molar-refractivity contribution in [3.05, 3.63) is 29.8 Å². The molecule has 3 rings (SSSR count). The Bertz CT molecular complexity index is 790. The number of methoxy groups -OCH3 is 1. The van der Waals surface area contributed by atoms with E-state index >= 15 is 0 Å². The van der Waals surface area contributed by atoms with Gasteiger partial charge in [-0.25, -0.2) is 9.37 Å². The van der Waals surface area contributed by atoms with Gasteiger partial charge in [0.05, 0.1) is 24.6 Å². The molecular weight excluding hydrogens is 338 g/mol. The van der Waals surface area contributed by atoms with Crippen LogP contribution in [0, 0.1) is 12.7 Å². The van der Waals surface area contributed by atoms with Gasteiger partial charge < -0.3 is 23.5 Å². The number of ether oxygens (including phenoxy) is 2. The smallest absolute Gasteiger partial charge is 0.325 e. The van der Waals surface area contributed by atoms with E-state index in [1.165, 1.54) is 19.5 Å². The Kier molecular flexibility index (Phi) is 4.77. The van der Waals surface area contributed by atoms with Gasteiger partial charge in [-0.05, 0) is 24.6 Å². The van der Waals surface area contributed by atoms with Gasteiger partial charge in [-0.2, -0.15) is 0 Å². The molecule has 0 bridgehead atoms. The van der Waals surface area contributed by atoms with Crippen molar-refractivity contribution in [3.63, 3.8) is 0 Å². The van der Waals surface area contributed by atoms with Gasteiger partial charge >= 0.3 is 7.60 Å². The van der Waals surface area contributed by atoms with Gasteiger partial charge in [0.2, 0.25) is 0 Å². The van der Waals surface area contributed by atoms with Gasteiger partial charge in [0.1, 0.15) is 17.8 Å². The molecule has 1 aliphatic heterocycles. The number of hydrogen-bond acceptors (Lipinski definition) is 5. The molecule has 0 spiro atoms. The number of rotatable bonds is 5. The van der Waals surface area contributed by atoms with Crippen molar-refractivity contribution in [1.82, 2.24) is 9.55 Å². The van der Waals surface area contributed by atoms with E-state index in [4.69, 9.17) is 14.0 Å². The minimum atomic E-state index is -3.66. The van der Waals surface area contributed by atoms with Crippen molar-refractivity contribution in [2.75, 3.05) is 20.4 Å². The Morgan fingerprint density at radius 2 is 2.29 bits per heavy atom. The number of imidazole rings is 1. The summed E-state index contributed by atoms with van der Waals surface area (Å²) >= 11 is 0. The summed E-state index contributed by atoms with van der Waals surface area (Å²) in [5.74, 6) is -0.392. The van der Waals surface area contributed by atoms with Crippen LogP contribution in [-0.4, -0.2) is 47.0 Å². The van der Waals surface area contributed by atoms with E-state index in [-0.39, 0.29) is 12.1 Å². The molecule has 0 radical (unpaired) electrons. The van der Waals surface area contributed by atoms with Crippen molar-refractivity contribution in [1.29, 1.82) is 0 Å². The summed E-state index contributed by atoms with van der Waals surface area (Å²) in [7, 11) is -2.15. The molecule has 7 nitrogen and oxygen atoms in total. The predicted molar refractivity (Wildman–Crippen MR) is 85.5 cm³/mol. The van der Waals surface area contributed by atoms with Crippen LogP contribution in [0.15, 0.2) is 18.5 Å². The third-order valence-electron chi connectivity index (χ3n) is 3.93. The number of hydrogen-bond donors (Lipinski definition) is 1. The van der Waals surface area contributed by atoms with Crippen LogP contribution in [0.1, 0.15) is 18.2 Å². The summed E-state index contributed by atoms with van der Waals surface area (Å²) in [6.07, 6.45) is 0.283. The highest BCUT2D eigenvalue weighted by atomic mass is 31.2. The average Bonchev–Trinajstić information content (AvgIpc) is 3.02. The summed E-state index contributed by atoms with van der Waals surface area (Å²) in [6, 6.07) is 3.25. The van der Waals surface area contributed by atoms with E-state index in [9.17, 15) is 13.8 Å². The monoisotopic (exact) mass is 358 g/mol. The van der Waals surface area contributed by atoms with Gasteiger partial charge in [0, 0.05) is 20.2 Å². The molecule has 2 aromatic rings. The molecule has 1 fully saturated rings. The van der Waals surface area contributed by atoms with E-state index in [0.29, 0.717) is 11.9 Å². The maximum absolute atomic E-state index is 14.0. The summed E-state index contributed by atoms with van der Waals surface area (Å²) in [6.45, 7) is 3.16. The molecule has 4 atom stereocenters. The first-order valence-corrected chi connectivity index (χ1v) is 9.56. The molecule has 132 valence electrons. The minimum Gasteiger partial charge on any atom is -0.382 e. The Labute approximate surface area is 138 Å². The molecule has 0 saturated carbocycles. The van der Waals surface area contributed by atoms with Crippen LogP contribution in [-0.2, 0) is 18.6 Å². The molecule has 1 aromatic carbocycles. The molecule has 1 N–H and O–H groups in total. The molecule has 4 unspecified atom stereocenters. The maximum atomic E-state index is 14.0. The SMILES string of the molecule is COCC1OC(n2cnc3c(F)cc(C)cc32)CC1OP(C)(=O)O. The van der Waals surface area contributed by atoms with Crippen molar-refractivity contribution < 1.29 is 27.8 Å². The fourth-order valence-electron chi connectivity index (χ4n) is 3.00. The van der Waals surface area contributed by atoms with Crippen LogP contribution in [0.5, 0.6) is 0 Å². The molecule has 2 heterocycles. The summed E-state index contributed by atoms with van der Waals surface area (Å²) in [5.41, 5.74) is 1.65. The van der Waals surface area contributed by atoms with Crippen molar-refractivity contribution in [2.45, 2.75) is 31.8 Å². The molecule has 0 amide bonds. The van der Waals surface area contributed by atoms with E-state index in [2.05, 4.69) is 4.98 Å². The number of halogens is 1. The quantitative estimate of drug-likeness (QED) is 0.828. The first kappa shape index (κ1) is 17.5. The van der Waals surface area contributed by atoms with Crippen LogP contribution in [0.2, 0.25) is 0 Å². The van der Waals surface area contributed by atoms with Crippen LogP contribution in [0.25, 0.3) is 11.0 Å². The first-order chi connectivity index (χ1) is 11.3. The van der Waals surface area contributed by atoms with Gasteiger partial charge in [-0.15, -0.1) is 0 Å². The zero-order valence-electron chi connectivity index (χ0n) is 13.7. The number of benzene rings is 1. The number of nitrogens with zero attached hydrogens (tertiary/aromatic N) is 2. The van der Waals surface area contributed by atoms with Crippen LogP contribution >= 0.6 is 7.60 Å². The van der Waals surface area contributed by atoms with Crippen molar-refractivity contribution >= 4 is 18.6 Å². The zero-order chi connectivity index (χ0) is 17.5. The lowest BCUT2D eigenvalue weighted by Crippen LogP contribution is -2.27. The first-order valence-electron chi connectivity index (χ1n) is 7.54. The number of aromatic nitrogens is 2. The normalized spacial score (nSPS) is 26.8. The zero-order valence-corrected chi connectivity index (χ0v) is 14.6. The molecular formula is C15H20FN2O5P. The topological polar surface area (TPSA) is 82.8 Å². The second-order valence-electron chi connectivity index (χ2n) is 6.03. The van der Waals surface area contributed by atoms with E-state index in [1.54, 1.807) is 11.5 Å². The van der Waals surface area contributed by atoms with Gasteiger partial charge in [-0.1, -0.05) is 0 Å². The molecule has 1 saturated heterocycles. The lowest BCUT2D eigenvalue weighted by atomic mass is 10.2. The minimum absolute atomic E-state index is 0.223. The molecule has 24 heavy (non-hydrogen) atoms. The fraction of sp³-hybridized carbons (Fsp3) is 0.533. The number of fused-ring (bicyclic) bond motifs is 1.